The van der Waals surface area contributed by atoms with Crippen molar-refractivity contribution in [2.24, 2.45) is 0 Å². The molecule has 3 heteroatoms. The molecule has 0 saturated heterocycles. The van der Waals surface area contributed by atoms with Crippen LogP contribution < -0.4 is 20.7 Å². The highest BCUT2D eigenvalue weighted by molar-refractivity contribution is 7.20. The third-order valence-corrected chi connectivity index (χ3v) is 19.7. The summed E-state index contributed by atoms with van der Waals surface area (Å²) in [5.74, 6) is 0. The molecule has 0 fully saturated rings. The van der Waals surface area contributed by atoms with Crippen LogP contribution >= 0.6 is 0 Å². The zero-order valence-electron chi connectivity index (χ0n) is 37.6. The lowest BCUT2D eigenvalue weighted by Crippen LogP contribution is -2.75. The van der Waals surface area contributed by atoms with Gasteiger partial charge in [0.2, 0.25) is 0 Å². The maximum Gasteiger partial charge on any atom is 0.179 e. The summed E-state index contributed by atoms with van der Waals surface area (Å²) in [7, 11) is -2.91. The molecule has 0 radical (unpaired) electrons. The summed E-state index contributed by atoms with van der Waals surface area (Å²) in [6, 6.07) is 82.5. The van der Waals surface area contributed by atoms with E-state index in [2.05, 4.69) is 255 Å². The standard InChI is InChI=1S/C62H52N2Si/c1-61(2)39-40-62(3,4)55-42-48(37-38-54(55)61)65(45-24-10-6-11-25-45,46-26-12-7-13-27-46)47-28-18-23-44(41-47)63-57-35-17-15-30-53(57)59-50(31-20-36-58(59)63)52-33-19-32-51-49-29-14-16-34-56(49)64(60(51)52)43-21-8-5-9-22-43/h5-38,41-42H,39-40H2,1-4H3. The molecule has 0 saturated carbocycles. The van der Waals surface area contributed by atoms with Crippen molar-refractivity contribution < 1.29 is 0 Å². The molecule has 0 spiro atoms. The predicted octanol–water partition coefficient (Wildman–Crippen LogP) is 13.3. The SMILES string of the molecule is CC1(C)CCC(C)(C)c2cc([Si](c3ccccc3)(c3ccccc3)c3cccc(-n4c5ccccc5c5c(-c6cccc7c8ccccc8n(-c8ccccc8)c67)cccc54)c3)ccc21. The van der Waals surface area contributed by atoms with Crippen molar-refractivity contribution in [1.29, 1.82) is 0 Å². The Morgan fingerprint density at radius 1 is 0.354 bits per heavy atom. The number of rotatable bonds is 7. The van der Waals surface area contributed by atoms with Crippen LogP contribution in [0.3, 0.4) is 0 Å². The minimum atomic E-state index is -2.91. The van der Waals surface area contributed by atoms with Gasteiger partial charge in [0, 0.05) is 38.5 Å². The highest BCUT2D eigenvalue weighted by atomic mass is 28.3. The van der Waals surface area contributed by atoms with Gasteiger partial charge in [0.1, 0.15) is 0 Å². The third kappa shape index (κ3) is 5.99. The fourth-order valence-electron chi connectivity index (χ4n) is 11.7. The van der Waals surface area contributed by atoms with Crippen LogP contribution in [0, 0.1) is 0 Å². The van der Waals surface area contributed by atoms with Crippen molar-refractivity contribution in [2.75, 3.05) is 0 Å². The summed E-state index contributed by atoms with van der Waals surface area (Å²) in [4.78, 5) is 0. The number of hydrogen-bond donors (Lipinski definition) is 0. The van der Waals surface area contributed by atoms with E-state index in [1.165, 1.54) is 105 Å². The second kappa shape index (κ2) is 14.9. The average Bonchev–Trinajstić information content (AvgIpc) is 3.88. The smallest absolute Gasteiger partial charge is 0.179 e. The third-order valence-electron chi connectivity index (χ3n) is 14.9. The molecule has 314 valence electrons. The minimum absolute atomic E-state index is 0.0801. The van der Waals surface area contributed by atoms with Crippen molar-refractivity contribution >= 4 is 72.4 Å². The zero-order valence-corrected chi connectivity index (χ0v) is 38.6. The second-order valence-electron chi connectivity index (χ2n) is 19.5. The number of para-hydroxylation sites is 4. The van der Waals surface area contributed by atoms with E-state index in [9.17, 15) is 0 Å². The first-order chi connectivity index (χ1) is 31.8. The van der Waals surface area contributed by atoms with E-state index < -0.39 is 8.07 Å². The predicted molar refractivity (Wildman–Crippen MR) is 279 cm³/mol. The van der Waals surface area contributed by atoms with E-state index in [1.54, 1.807) is 0 Å². The summed E-state index contributed by atoms with van der Waals surface area (Å²) in [6.45, 7) is 9.78. The lowest BCUT2D eigenvalue weighted by molar-refractivity contribution is 0.332. The molecule has 0 atom stereocenters. The molecule has 2 nitrogen and oxygen atoms in total. The summed E-state index contributed by atoms with van der Waals surface area (Å²) in [6.07, 6.45) is 2.37. The van der Waals surface area contributed by atoms with Crippen molar-refractivity contribution in [3.05, 3.63) is 230 Å². The van der Waals surface area contributed by atoms with Gasteiger partial charge in [0.15, 0.2) is 8.07 Å². The number of benzene rings is 9. The van der Waals surface area contributed by atoms with Crippen molar-refractivity contribution in [3.63, 3.8) is 0 Å². The molecule has 9 aromatic carbocycles. The van der Waals surface area contributed by atoms with Crippen LogP contribution in [0.25, 0.3) is 66.1 Å². The number of hydrogen-bond acceptors (Lipinski definition) is 0. The van der Waals surface area contributed by atoms with Gasteiger partial charge in [-0.1, -0.05) is 204 Å². The van der Waals surface area contributed by atoms with Gasteiger partial charge in [-0.3, -0.25) is 0 Å². The molecule has 1 aliphatic carbocycles. The Hall–Kier alpha value is -7.20. The summed E-state index contributed by atoms with van der Waals surface area (Å²) in [5, 5.41) is 10.6. The molecule has 1 aliphatic rings. The Morgan fingerprint density at radius 3 is 1.55 bits per heavy atom. The summed E-state index contributed by atoms with van der Waals surface area (Å²) < 4.78 is 4.99. The summed E-state index contributed by atoms with van der Waals surface area (Å²) in [5.41, 5.74) is 12.8. The van der Waals surface area contributed by atoms with Gasteiger partial charge < -0.3 is 9.13 Å². The van der Waals surface area contributed by atoms with E-state index in [4.69, 9.17) is 0 Å². The Labute approximate surface area is 383 Å². The van der Waals surface area contributed by atoms with Gasteiger partial charge in [-0.25, -0.2) is 0 Å². The average molecular weight is 853 g/mol. The fraction of sp³-hybridized carbons (Fsp3) is 0.129. The molecule has 0 aliphatic heterocycles. The van der Waals surface area contributed by atoms with E-state index >= 15 is 0 Å². The first-order valence-corrected chi connectivity index (χ1v) is 25.2. The monoisotopic (exact) mass is 852 g/mol. The van der Waals surface area contributed by atoms with E-state index in [-0.39, 0.29) is 10.8 Å². The van der Waals surface area contributed by atoms with Crippen LogP contribution in [0.2, 0.25) is 0 Å². The maximum absolute atomic E-state index is 2.91. The maximum atomic E-state index is 2.64. The van der Waals surface area contributed by atoms with Gasteiger partial charge in [-0.2, -0.15) is 0 Å². The molecule has 0 N–H and O–H groups in total. The molecular formula is C62H52N2Si. The molecule has 11 aromatic rings. The van der Waals surface area contributed by atoms with Crippen molar-refractivity contribution in [1.82, 2.24) is 9.13 Å². The van der Waals surface area contributed by atoms with Crippen LogP contribution in [-0.4, -0.2) is 17.2 Å². The quantitative estimate of drug-likeness (QED) is 0.112. The molecule has 65 heavy (non-hydrogen) atoms. The van der Waals surface area contributed by atoms with E-state index in [0.29, 0.717) is 0 Å². The first kappa shape index (κ1) is 39.4. The van der Waals surface area contributed by atoms with Gasteiger partial charge >= 0.3 is 0 Å². The Balaban J connectivity index is 1.13. The highest BCUT2D eigenvalue weighted by Gasteiger charge is 2.44. The number of aromatic nitrogens is 2. The van der Waals surface area contributed by atoms with E-state index in [0.717, 1.165) is 5.69 Å². The Kier molecular flexibility index (Phi) is 9.05. The van der Waals surface area contributed by atoms with Crippen LogP contribution in [0.15, 0.2) is 218 Å². The van der Waals surface area contributed by atoms with Crippen LogP contribution in [0.1, 0.15) is 51.7 Å². The van der Waals surface area contributed by atoms with Gasteiger partial charge in [0.05, 0.1) is 22.1 Å². The highest BCUT2D eigenvalue weighted by Crippen LogP contribution is 2.46. The molecule has 12 rings (SSSR count). The molecule has 2 aromatic heterocycles. The van der Waals surface area contributed by atoms with Gasteiger partial charge in [0.25, 0.3) is 0 Å². The van der Waals surface area contributed by atoms with Crippen molar-refractivity contribution in [2.45, 2.75) is 51.4 Å². The van der Waals surface area contributed by atoms with Gasteiger partial charge in [-0.15, -0.1) is 0 Å². The number of fused-ring (bicyclic) bond motifs is 7. The van der Waals surface area contributed by atoms with Crippen LogP contribution in [-0.2, 0) is 10.8 Å². The lowest BCUT2D eigenvalue weighted by Gasteiger charge is -2.43. The summed E-state index contributed by atoms with van der Waals surface area (Å²) >= 11 is 0. The Bertz CT molecular complexity index is 3550. The largest absolute Gasteiger partial charge is 0.309 e. The number of nitrogens with zero attached hydrogens (tertiary/aromatic N) is 2. The minimum Gasteiger partial charge on any atom is -0.309 e. The van der Waals surface area contributed by atoms with E-state index in [1.807, 2.05) is 0 Å². The molecule has 0 unspecified atom stereocenters. The lowest BCUT2D eigenvalue weighted by atomic mass is 9.63. The van der Waals surface area contributed by atoms with Crippen LogP contribution in [0.5, 0.6) is 0 Å². The molecule has 0 bridgehead atoms. The topological polar surface area (TPSA) is 9.86 Å². The fourth-order valence-corrected chi connectivity index (χ4v) is 16.5. The van der Waals surface area contributed by atoms with Crippen LogP contribution in [0.4, 0.5) is 0 Å². The zero-order chi connectivity index (χ0) is 43.9. The Morgan fingerprint density at radius 2 is 0.846 bits per heavy atom. The molecule has 2 heterocycles. The second-order valence-corrected chi connectivity index (χ2v) is 23.3. The molecular weight excluding hydrogens is 801 g/mol. The van der Waals surface area contributed by atoms with Gasteiger partial charge in [-0.05, 0) is 104 Å². The van der Waals surface area contributed by atoms with Crippen molar-refractivity contribution in [3.8, 4) is 22.5 Å². The normalized spacial score (nSPS) is 14.6. The first-order valence-electron chi connectivity index (χ1n) is 23.2. The molecule has 0 amide bonds.